The molecule has 0 aliphatic carbocycles. The van der Waals surface area contributed by atoms with E-state index in [1.54, 1.807) is 0 Å². The molecule has 16 heavy (non-hydrogen) atoms. The van der Waals surface area contributed by atoms with E-state index < -0.39 is 0 Å². The van der Waals surface area contributed by atoms with Crippen LogP contribution >= 0.6 is 0 Å². The number of likely N-dealkylation sites (N-methyl/N-ethyl adjacent to an activating group) is 1. The Morgan fingerprint density at radius 2 is 1.88 bits per heavy atom. The molecule has 1 amide bonds. The van der Waals surface area contributed by atoms with Crippen LogP contribution < -0.4 is 5.32 Å². The molecule has 0 atom stereocenters. The van der Waals surface area contributed by atoms with Crippen LogP contribution in [0.3, 0.4) is 0 Å². The Balaban J connectivity index is 4.16. The molecule has 0 aromatic heterocycles. The maximum atomic E-state index is 11.8. The average molecular weight is 226 g/mol. The molecule has 0 spiro atoms. The van der Waals surface area contributed by atoms with Gasteiger partial charge in [0.05, 0.1) is 6.54 Å². The van der Waals surface area contributed by atoms with E-state index >= 15 is 0 Å². The highest BCUT2D eigenvalue weighted by molar-refractivity contribution is 5.78. The van der Waals surface area contributed by atoms with Gasteiger partial charge in [-0.1, -0.05) is 26.0 Å². The van der Waals surface area contributed by atoms with E-state index in [1.165, 1.54) is 0 Å². The lowest BCUT2D eigenvalue weighted by Crippen LogP contribution is -2.47. The number of nitrogens with one attached hydrogen (secondary N) is 1. The molecule has 0 unspecified atom stereocenters. The molecule has 0 heterocycles. The molecule has 0 bridgehead atoms. The topological polar surface area (TPSA) is 32.3 Å². The van der Waals surface area contributed by atoms with Gasteiger partial charge in [-0.25, -0.2) is 0 Å². The van der Waals surface area contributed by atoms with E-state index in [4.69, 9.17) is 0 Å². The fraction of sp³-hybridized carbons (Fsp3) is 0.769. The van der Waals surface area contributed by atoms with Crippen molar-refractivity contribution in [2.75, 3.05) is 19.6 Å². The van der Waals surface area contributed by atoms with Gasteiger partial charge in [-0.15, -0.1) is 0 Å². The number of rotatable bonds is 7. The van der Waals surface area contributed by atoms with Crippen LogP contribution in [0.15, 0.2) is 12.2 Å². The molecule has 0 aromatic rings. The number of nitrogens with zero attached hydrogens (tertiary/aromatic N) is 1. The Bertz CT molecular complexity index is 246. The normalized spacial score (nSPS) is 11.6. The zero-order chi connectivity index (χ0) is 12.8. The summed E-state index contributed by atoms with van der Waals surface area (Å²) in [5.41, 5.74) is 0.976. The van der Waals surface area contributed by atoms with Crippen LogP contribution in [-0.4, -0.2) is 36.0 Å². The summed E-state index contributed by atoms with van der Waals surface area (Å²) in [4.78, 5) is 13.9. The Kier molecular flexibility index (Phi) is 6.34. The summed E-state index contributed by atoms with van der Waals surface area (Å²) in [6.07, 6.45) is 0.936. The molecule has 0 rings (SSSR count). The molecule has 0 radical (unpaired) electrons. The smallest absolute Gasteiger partial charge is 0.234 e. The number of hydrogen-bond acceptors (Lipinski definition) is 2. The van der Waals surface area contributed by atoms with Crippen molar-refractivity contribution in [1.29, 1.82) is 0 Å². The fourth-order valence-corrected chi connectivity index (χ4v) is 1.37. The van der Waals surface area contributed by atoms with Crippen LogP contribution in [0.1, 0.15) is 41.0 Å². The molecule has 0 fully saturated rings. The van der Waals surface area contributed by atoms with Crippen LogP contribution in [0.25, 0.3) is 0 Å². The molecule has 0 aliphatic rings. The van der Waals surface area contributed by atoms with Gasteiger partial charge in [0.2, 0.25) is 5.91 Å². The Labute approximate surface area is 99.9 Å². The van der Waals surface area contributed by atoms with E-state index in [9.17, 15) is 4.79 Å². The van der Waals surface area contributed by atoms with Crippen LogP contribution in [0.5, 0.6) is 0 Å². The second-order valence-electron chi connectivity index (χ2n) is 5.05. The molecule has 94 valence electrons. The summed E-state index contributed by atoms with van der Waals surface area (Å²) in [5.74, 6) is 0.0925. The molecule has 0 aliphatic heterocycles. The summed E-state index contributed by atoms with van der Waals surface area (Å²) in [6.45, 7) is 16.2. The fourth-order valence-electron chi connectivity index (χ4n) is 1.37. The predicted molar refractivity (Wildman–Crippen MR) is 69.4 cm³/mol. The zero-order valence-corrected chi connectivity index (χ0v) is 11.4. The molecule has 3 heteroatoms. The predicted octanol–water partition coefficient (Wildman–Crippen LogP) is 2.19. The van der Waals surface area contributed by atoms with Gasteiger partial charge in [-0.3, -0.25) is 9.69 Å². The molecule has 3 nitrogen and oxygen atoms in total. The molecule has 0 saturated carbocycles. The van der Waals surface area contributed by atoms with E-state index in [0.717, 1.165) is 25.1 Å². The zero-order valence-electron chi connectivity index (χ0n) is 11.4. The van der Waals surface area contributed by atoms with Crippen molar-refractivity contribution in [3.05, 3.63) is 12.2 Å². The summed E-state index contributed by atoms with van der Waals surface area (Å²) in [6, 6.07) is 0. The maximum Gasteiger partial charge on any atom is 0.234 e. The van der Waals surface area contributed by atoms with Gasteiger partial charge < -0.3 is 5.32 Å². The second-order valence-corrected chi connectivity index (χ2v) is 5.05. The lowest BCUT2D eigenvalue weighted by Gasteiger charge is -2.27. The van der Waals surface area contributed by atoms with Gasteiger partial charge in [0.15, 0.2) is 0 Å². The first-order chi connectivity index (χ1) is 7.30. The van der Waals surface area contributed by atoms with Crippen molar-refractivity contribution in [2.24, 2.45) is 0 Å². The van der Waals surface area contributed by atoms with Crippen molar-refractivity contribution in [3.63, 3.8) is 0 Å². The van der Waals surface area contributed by atoms with Crippen LogP contribution in [0.4, 0.5) is 0 Å². The first kappa shape index (κ1) is 15.2. The van der Waals surface area contributed by atoms with Crippen LogP contribution in [-0.2, 0) is 4.79 Å². The van der Waals surface area contributed by atoms with Gasteiger partial charge in [0, 0.05) is 12.1 Å². The quantitative estimate of drug-likeness (QED) is 0.675. The highest BCUT2D eigenvalue weighted by Gasteiger charge is 2.18. The minimum absolute atomic E-state index is 0.0925. The Morgan fingerprint density at radius 1 is 1.31 bits per heavy atom. The van der Waals surface area contributed by atoms with Gasteiger partial charge in [-0.2, -0.15) is 0 Å². The number of hydrogen-bond donors (Lipinski definition) is 1. The monoisotopic (exact) mass is 226 g/mol. The van der Waals surface area contributed by atoms with Gasteiger partial charge in [0.1, 0.15) is 0 Å². The SMILES string of the molecule is C=C(C)CN(CC)CC(=O)NC(C)(C)CC. The van der Waals surface area contributed by atoms with Crippen LogP contribution in [0.2, 0.25) is 0 Å². The minimum atomic E-state index is -0.111. The largest absolute Gasteiger partial charge is 0.350 e. The number of amides is 1. The van der Waals surface area contributed by atoms with Gasteiger partial charge in [0.25, 0.3) is 0 Å². The summed E-state index contributed by atoms with van der Waals surface area (Å²) in [5, 5.41) is 3.03. The Morgan fingerprint density at radius 3 is 2.25 bits per heavy atom. The Hall–Kier alpha value is -0.830. The first-order valence-corrected chi connectivity index (χ1v) is 5.98. The molecular formula is C13H26N2O. The van der Waals surface area contributed by atoms with Crippen molar-refractivity contribution >= 4 is 5.91 Å². The van der Waals surface area contributed by atoms with Crippen molar-refractivity contribution < 1.29 is 4.79 Å². The van der Waals surface area contributed by atoms with Gasteiger partial charge in [-0.05, 0) is 33.7 Å². The summed E-state index contributed by atoms with van der Waals surface area (Å²) >= 11 is 0. The van der Waals surface area contributed by atoms with E-state index in [0.29, 0.717) is 6.54 Å². The van der Waals surface area contributed by atoms with Crippen molar-refractivity contribution in [1.82, 2.24) is 10.2 Å². The maximum absolute atomic E-state index is 11.8. The number of carbonyl (C=O) groups is 1. The van der Waals surface area contributed by atoms with Gasteiger partial charge >= 0.3 is 0 Å². The van der Waals surface area contributed by atoms with Crippen LogP contribution in [0, 0.1) is 0 Å². The molecule has 0 saturated heterocycles. The lowest BCUT2D eigenvalue weighted by molar-refractivity contribution is -0.123. The van der Waals surface area contributed by atoms with Crippen molar-refractivity contribution in [3.8, 4) is 0 Å². The molecular weight excluding hydrogens is 200 g/mol. The third-order valence-corrected chi connectivity index (χ3v) is 2.67. The van der Waals surface area contributed by atoms with E-state index in [2.05, 4.69) is 30.6 Å². The lowest BCUT2D eigenvalue weighted by atomic mass is 10.0. The summed E-state index contributed by atoms with van der Waals surface area (Å²) < 4.78 is 0. The van der Waals surface area contributed by atoms with Crippen molar-refractivity contribution in [2.45, 2.75) is 46.6 Å². The minimum Gasteiger partial charge on any atom is -0.350 e. The third-order valence-electron chi connectivity index (χ3n) is 2.67. The highest BCUT2D eigenvalue weighted by atomic mass is 16.2. The number of carbonyl (C=O) groups excluding carboxylic acids is 1. The average Bonchev–Trinajstić information content (AvgIpc) is 2.15. The second kappa shape index (κ2) is 6.69. The molecule has 0 aromatic carbocycles. The van der Waals surface area contributed by atoms with E-state index in [1.807, 2.05) is 20.8 Å². The standard InChI is InChI=1S/C13H26N2O/c1-7-13(5,6)14-12(16)10-15(8-2)9-11(3)4/h3,7-10H2,1-2,4-6H3,(H,14,16). The molecule has 1 N–H and O–H groups in total. The summed E-state index contributed by atoms with van der Waals surface area (Å²) in [7, 11) is 0. The first-order valence-electron chi connectivity index (χ1n) is 5.98. The third kappa shape index (κ3) is 6.62. The highest BCUT2D eigenvalue weighted by Crippen LogP contribution is 2.06. The van der Waals surface area contributed by atoms with E-state index in [-0.39, 0.29) is 11.4 Å².